The van der Waals surface area contributed by atoms with Gasteiger partial charge in [0.1, 0.15) is 18.3 Å². The van der Waals surface area contributed by atoms with Crippen LogP contribution in [-0.4, -0.2) is 6.79 Å². The molecule has 0 unspecified atom stereocenters. The third kappa shape index (κ3) is 13.3. The largest absolute Gasteiger partial charge is 0.457 e. The molecule has 33 heavy (non-hydrogen) atoms. The van der Waals surface area contributed by atoms with Crippen molar-refractivity contribution in [3.63, 3.8) is 0 Å². The summed E-state index contributed by atoms with van der Waals surface area (Å²) in [4.78, 5) is 8.00. The first-order chi connectivity index (χ1) is 16.3. The fraction of sp³-hybridized carbons (Fsp3) is 0.581. The van der Waals surface area contributed by atoms with E-state index in [4.69, 9.17) is 9.53 Å². The van der Waals surface area contributed by atoms with E-state index in [0.717, 1.165) is 24.3 Å². The van der Waals surface area contributed by atoms with Crippen molar-refractivity contribution in [2.45, 2.75) is 117 Å². The average Bonchev–Trinajstić information content (AvgIpc) is 2.86. The van der Waals surface area contributed by atoms with Crippen LogP contribution in [0.15, 0.2) is 48.5 Å². The molecule has 0 bridgehead atoms. The zero-order valence-corrected chi connectivity index (χ0v) is 21.5. The minimum atomic E-state index is 1.04. The molecule has 0 radical (unpaired) electrons. The van der Waals surface area contributed by atoms with Crippen LogP contribution in [-0.2, 0) is 17.6 Å². The lowest BCUT2D eigenvalue weighted by molar-refractivity contribution is -0.0979. The maximum Gasteiger partial charge on any atom is 0.130 e. The van der Waals surface area contributed by atoms with Crippen molar-refractivity contribution in [2.24, 2.45) is 0 Å². The van der Waals surface area contributed by atoms with E-state index in [0.29, 0.717) is 0 Å². The molecule has 2 nitrogen and oxygen atoms in total. The van der Waals surface area contributed by atoms with E-state index in [1.165, 1.54) is 101 Å². The summed E-state index contributed by atoms with van der Waals surface area (Å²) >= 11 is 0. The van der Waals surface area contributed by atoms with E-state index < -0.39 is 0 Å². The van der Waals surface area contributed by atoms with Crippen molar-refractivity contribution in [1.29, 1.82) is 0 Å². The van der Waals surface area contributed by atoms with Gasteiger partial charge in [0.2, 0.25) is 0 Å². The van der Waals surface area contributed by atoms with Crippen molar-refractivity contribution < 1.29 is 9.53 Å². The SMILES string of the molecule is C=O.CCCCCCCCCc1ccccc1Oc1ccccc1CCCCCCCCC. The number of unbranched alkanes of at least 4 members (excludes halogenated alkanes) is 12. The average molecular weight is 453 g/mol. The number of hydrogen-bond acceptors (Lipinski definition) is 2. The zero-order valence-electron chi connectivity index (χ0n) is 21.5. The van der Waals surface area contributed by atoms with E-state index in [2.05, 4.69) is 62.4 Å². The van der Waals surface area contributed by atoms with Crippen LogP contribution in [0.25, 0.3) is 0 Å². The van der Waals surface area contributed by atoms with Gasteiger partial charge in [-0.3, -0.25) is 0 Å². The summed E-state index contributed by atoms with van der Waals surface area (Å²) in [6, 6.07) is 17.3. The van der Waals surface area contributed by atoms with Crippen molar-refractivity contribution in [2.75, 3.05) is 0 Å². The Labute approximate surface area is 204 Å². The Bertz CT molecular complexity index is 650. The molecule has 184 valence electrons. The monoisotopic (exact) mass is 452 g/mol. The molecule has 0 aliphatic rings. The number of ether oxygens (including phenoxy) is 1. The Morgan fingerprint density at radius 3 is 1.24 bits per heavy atom. The maximum atomic E-state index is 8.00. The molecule has 2 rings (SSSR count). The van der Waals surface area contributed by atoms with Gasteiger partial charge in [0, 0.05) is 0 Å². The van der Waals surface area contributed by atoms with Gasteiger partial charge in [0.05, 0.1) is 0 Å². The summed E-state index contributed by atoms with van der Waals surface area (Å²) < 4.78 is 6.46. The van der Waals surface area contributed by atoms with Crippen LogP contribution in [0.3, 0.4) is 0 Å². The highest BCUT2D eigenvalue weighted by molar-refractivity contribution is 5.41. The molecule has 0 aromatic heterocycles. The first-order valence-corrected chi connectivity index (χ1v) is 13.5. The molecule has 0 spiro atoms. The predicted octanol–water partition coefficient (Wildman–Crippen LogP) is 9.88. The summed E-state index contributed by atoms with van der Waals surface area (Å²) in [5.41, 5.74) is 2.70. The molecule has 0 saturated heterocycles. The highest BCUT2D eigenvalue weighted by Gasteiger charge is 2.08. The van der Waals surface area contributed by atoms with Gasteiger partial charge in [0.15, 0.2) is 0 Å². The predicted molar refractivity (Wildman–Crippen MR) is 143 cm³/mol. The lowest BCUT2D eigenvalue weighted by atomic mass is 10.0. The van der Waals surface area contributed by atoms with Crippen molar-refractivity contribution in [3.8, 4) is 11.5 Å². The maximum absolute atomic E-state index is 8.00. The Morgan fingerprint density at radius 1 is 0.515 bits per heavy atom. The van der Waals surface area contributed by atoms with E-state index >= 15 is 0 Å². The highest BCUT2D eigenvalue weighted by atomic mass is 16.5. The van der Waals surface area contributed by atoms with Crippen LogP contribution in [0.1, 0.15) is 115 Å². The molecule has 0 saturated carbocycles. The molecule has 0 heterocycles. The minimum Gasteiger partial charge on any atom is -0.457 e. The van der Waals surface area contributed by atoms with Crippen LogP contribution in [0.4, 0.5) is 0 Å². The summed E-state index contributed by atoms with van der Waals surface area (Å²) in [5, 5.41) is 0. The number of carbonyl (C=O) groups is 1. The fourth-order valence-corrected chi connectivity index (χ4v) is 4.28. The second-order valence-corrected chi connectivity index (χ2v) is 9.06. The van der Waals surface area contributed by atoms with Gasteiger partial charge >= 0.3 is 0 Å². The number of carbonyl (C=O) groups excluding carboxylic acids is 1. The Kier molecular flexibility index (Phi) is 18.0. The lowest BCUT2D eigenvalue weighted by Gasteiger charge is -2.14. The van der Waals surface area contributed by atoms with Gasteiger partial charge in [-0.2, -0.15) is 0 Å². The standard InChI is InChI=1S/C30H46O.CH2O/c1-3-5-7-9-11-13-15-21-27-23-17-19-25-29(27)31-30-26-20-18-24-28(30)22-16-14-12-10-8-6-4-2;1-2/h17-20,23-26H,3-16,21-22H2,1-2H3;1H2. The van der Waals surface area contributed by atoms with Gasteiger partial charge in [0.25, 0.3) is 0 Å². The minimum absolute atomic E-state index is 1.04. The van der Waals surface area contributed by atoms with Crippen LogP contribution >= 0.6 is 0 Å². The number of benzene rings is 2. The van der Waals surface area contributed by atoms with Crippen molar-refractivity contribution >= 4 is 6.79 Å². The van der Waals surface area contributed by atoms with E-state index in [-0.39, 0.29) is 0 Å². The van der Waals surface area contributed by atoms with E-state index in [9.17, 15) is 0 Å². The summed E-state index contributed by atoms with van der Waals surface area (Å²) in [6.45, 7) is 6.56. The smallest absolute Gasteiger partial charge is 0.130 e. The Balaban J connectivity index is 0.00000265. The number of aryl methyl sites for hydroxylation is 2. The molecular weight excluding hydrogens is 404 g/mol. The van der Waals surface area contributed by atoms with Crippen LogP contribution < -0.4 is 4.74 Å². The third-order valence-corrected chi connectivity index (χ3v) is 6.26. The number of para-hydroxylation sites is 2. The first kappa shape index (κ1) is 28.9. The second-order valence-electron chi connectivity index (χ2n) is 9.06. The molecule has 0 fully saturated rings. The van der Waals surface area contributed by atoms with Gasteiger partial charge in [-0.1, -0.05) is 127 Å². The van der Waals surface area contributed by atoms with Gasteiger partial charge in [-0.05, 0) is 48.9 Å². The molecular formula is C31H48O2. The van der Waals surface area contributed by atoms with E-state index in [1.54, 1.807) is 0 Å². The number of rotatable bonds is 18. The van der Waals surface area contributed by atoms with Crippen LogP contribution in [0, 0.1) is 0 Å². The van der Waals surface area contributed by atoms with Crippen molar-refractivity contribution in [3.05, 3.63) is 59.7 Å². The molecule has 0 amide bonds. The molecule has 2 aromatic carbocycles. The third-order valence-electron chi connectivity index (χ3n) is 6.26. The van der Waals surface area contributed by atoms with Gasteiger partial charge in [-0.25, -0.2) is 0 Å². The van der Waals surface area contributed by atoms with Crippen molar-refractivity contribution in [1.82, 2.24) is 0 Å². The lowest BCUT2D eigenvalue weighted by Crippen LogP contribution is -1.96. The Morgan fingerprint density at radius 2 is 0.848 bits per heavy atom. The van der Waals surface area contributed by atoms with Crippen LogP contribution in [0.2, 0.25) is 0 Å². The first-order valence-electron chi connectivity index (χ1n) is 13.5. The molecule has 2 aromatic rings. The van der Waals surface area contributed by atoms with Gasteiger partial charge in [-0.15, -0.1) is 0 Å². The fourth-order valence-electron chi connectivity index (χ4n) is 4.28. The van der Waals surface area contributed by atoms with Gasteiger partial charge < -0.3 is 9.53 Å². The Hall–Kier alpha value is -2.09. The summed E-state index contributed by atoms with van der Waals surface area (Å²) in [6.07, 6.45) is 21.1. The summed E-state index contributed by atoms with van der Waals surface area (Å²) in [5.74, 6) is 2.08. The number of hydrogen-bond donors (Lipinski definition) is 0. The molecule has 2 heteroatoms. The topological polar surface area (TPSA) is 26.3 Å². The second kappa shape index (κ2) is 20.5. The molecule has 0 aliphatic carbocycles. The normalized spacial score (nSPS) is 10.5. The van der Waals surface area contributed by atoms with E-state index in [1.807, 2.05) is 6.79 Å². The zero-order chi connectivity index (χ0) is 24.0. The van der Waals surface area contributed by atoms with Crippen LogP contribution in [0.5, 0.6) is 11.5 Å². The highest BCUT2D eigenvalue weighted by Crippen LogP contribution is 2.30. The molecule has 0 N–H and O–H groups in total. The summed E-state index contributed by atoms with van der Waals surface area (Å²) in [7, 11) is 0. The molecule has 0 aliphatic heterocycles. The molecule has 0 atom stereocenters. The quantitative estimate of drug-likeness (QED) is 0.210.